The van der Waals surface area contributed by atoms with Gasteiger partial charge in [-0.2, -0.15) is 0 Å². The van der Waals surface area contributed by atoms with Crippen molar-refractivity contribution in [1.82, 2.24) is 4.90 Å². The van der Waals surface area contributed by atoms with Crippen LogP contribution in [0, 0.1) is 5.92 Å². The molecule has 0 aromatic heterocycles. The summed E-state index contributed by atoms with van der Waals surface area (Å²) >= 11 is 0. The molecule has 2 aliphatic rings. The Morgan fingerprint density at radius 1 is 1.40 bits per heavy atom. The highest BCUT2D eigenvalue weighted by atomic mass is 16.3. The molecule has 2 unspecified atom stereocenters. The van der Waals surface area contributed by atoms with Crippen molar-refractivity contribution in [3.05, 3.63) is 35.4 Å². The van der Waals surface area contributed by atoms with E-state index in [1.54, 1.807) is 0 Å². The van der Waals surface area contributed by atoms with Crippen LogP contribution in [-0.4, -0.2) is 34.6 Å². The summed E-state index contributed by atoms with van der Waals surface area (Å²) in [4.78, 5) is 14.8. The number of hydrogen-bond acceptors (Lipinski definition) is 2. The van der Waals surface area contributed by atoms with Crippen LogP contribution >= 0.6 is 0 Å². The predicted molar refractivity (Wildman–Crippen MR) is 78.6 cm³/mol. The minimum Gasteiger partial charge on any atom is -0.394 e. The lowest BCUT2D eigenvalue weighted by atomic mass is 9.74. The number of nitrogens with zero attached hydrogens (tertiary/aromatic N) is 1. The monoisotopic (exact) mass is 273 g/mol. The minimum absolute atomic E-state index is 0.0885. The van der Waals surface area contributed by atoms with Gasteiger partial charge in [-0.25, -0.2) is 0 Å². The van der Waals surface area contributed by atoms with Crippen LogP contribution in [0.15, 0.2) is 24.3 Å². The zero-order valence-corrected chi connectivity index (χ0v) is 12.1. The van der Waals surface area contributed by atoms with Gasteiger partial charge in [-0.3, -0.25) is 4.79 Å². The van der Waals surface area contributed by atoms with E-state index in [9.17, 15) is 9.90 Å². The van der Waals surface area contributed by atoms with Gasteiger partial charge >= 0.3 is 0 Å². The highest BCUT2D eigenvalue weighted by molar-refractivity contribution is 5.97. The van der Waals surface area contributed by atoms with Crippen LogP contribution in [0.4, 0.5) is 0 Å². The number of aliphatic hydroxyl groups excluding tert-OH is 1. The molecule has 1 N–H and O–H groups in total. The van der Waals surface area contributed by atoms with Gasteiger partial charge in [0.05, 0.1) is 12.1 Å². The molecule has 3 nitrogen and oxygen atoms in total. The van der Waals surface area contributed by atoms with Crippen LogP contribution in [-0.2, 0) is 6.42 Å². The molecule has 1 saturated carbocycles. The zero-order valence-electron chi connectivity index (χ0n) is 12.1. The Morgan fingerprint density at radius 3 is 2.95 bits per heavy atom. The minimum atomic E-state index is -0.331. The first kappa shape index (κ1) is 13.6. The lowest BCUT2D eigenvalue weighted by molar-refractivity contribution is -0.00672. The highest BCUT2D eigenvalue weighted by Gasteiger charge is 2.43. The Balaban J connectivity index is 1.92. The van der Waals surface area contributed by atoms with Gasteiger partial charge in [-0.05, 0) is 36.8 Å². The van der Waals surface area contributed by atoms with E-state index in [2.05, 4.69) is 6.92 Å². The highest BCUT2D eigenvalue weighted by Crippen LogP contribution is 2.38. The molecule has 0 bridgehead atoms. The SMILES string of the molecule is CC1CCCC(CO)(N2CCc3ccccc3C2=O)C1. The van der Waals surface area contributed by atoms with Crippen molar-refractivity contribution < 1.29 is 9.90 Å². The van der Waals surface area contributed by atoms with Gasteiger partial charge in [-0.1, -0.05) is 38.0 Å². The molecule has 1 aliphatic heterocycles. The molecule has 0 saturated heterocycles. The molecular weight excluding hydrogens is 250 g/mol. The molecule has 0 radical (unpaired) electrons. The van der Waals surface area contributed by atoms with Gasteiger partial charge in [0.25, 0.3) is 5.91 Å². The average molecular weight is 273 g/mol. The molecule has 1 amide bonds. The van der Waals surface area contributed by atoms with Crippen LogP contribution in [0.3, 0.4) is 0 Å². The van der Waals surface area contributed by atoms with Crippen molar-refractivity contribution in [2.75, 3.05) is 13.2 Å². The topological polar surface area (TPSA) is 40.5 Å². The normalized spacial score (nSPS) is 30.2. The fourth-order valence-electron chi connectivity index (χ4n) is 3.99. The van der Waals surface area contributed by atoms with E-state index in [0.717, 1.165) is 43.4 Å². The number of amides is 1. The second-order valence-corrected chi connectivity index (χ2v) is 6.45. The summed E-state index contributed by atoms with van der Waals surface area (Å²) in [5, 5.41) is 9.98. The van der Waals surface area contributed by atoms with Crippen molar-refractivity contribution in [1.29, 1.82) is 0 Å². The van der Waals surface area contributed by atoms with E-state index in [1.165, 1.54) is 6.42 Å². The molecule has 2 atom stereocenters. The maximum Gasteiger partial charge on any atom is 0.254 e. The molecule has 1 aromatic rings. The molecule has 1 aliphatic carbocycles. The van der Waals surface area contributed by atoms with Gasteiger partial charge in [0.2, 0.25) is 0 Å². The summed E-state index contributed by atoms with van der Waals surface area (Å²) in [5.74, 6) is 0.691. The fraction of sp³-hybridized carbons (Fsp3) is 0.588. The van der Waals surface area contributed by atoms with Crippen LogP contribution in [0.1, 0.15) is 48.5 Å². The molecule has 108 valence electrons. The summed E-state index contributed by atoms with van der Waals surface area (Å²) in [7, 11) is 0. The van der Waals surface area contributed by atoms with Crippen molar-refractivity contribution in [2.45, 2.75) is 44.6 Å². The second-order valence-electron chi connectivity index (χ2n) is 6.45. The number of fused-ring (bicyclic) bond motifs is 1. The number of hydrogen-bond donors (Lipinski definition) is 1. The van der Waals surface area contributed by atoms with E-state index in [1.807, 2.05) is 29.2 Å². The molecule has 1 fully saturated rings. The maximum absolute atomic E-state index is 12.8. The van der Waals surface area contributed by atoms with E-state index >= 15 is 0 Å². The van der Waals surface area contributed by atoms with Crippen molar-refractivity contribution in [2.24, 2.45) is 5.92 Å². The summed E-state index contributed by atoms with van der Waals surface area (Å²) in [5.41, 5.74) is 1.64. The zero-order chi connectivity index (χ0) is 14.2. The first-order valence-corrected chi connectivity index (χ1v) is 7.67. The first-order valence-electron chi connectivity index (χ1n) is 7.67. The van der Waals surface area contributed by atoms with Crippen molar-refractivity contribution >= 4 is 5.91 Å². The lowest BCUT2D eigenvalue weighted by Gasteiger charge is -2.48. The molecule has 1 aromatic carbocycles. The van der Waals surface area contributed by atoms with Crippen LogP contribution < -0.4 is 0 Å². The Kier molecular flexibility index (Phi) is 3.55. The number of benzene rings is 1. The molecule has 3 rings (SSSR count). The summed E-state index contributed by atoms with van der Waals surface area (Å²) < 4.78 is 0. The van der Waals surface area contributed by atoms with Crippen LogP contribution in [0.2, 0.25) is 0 Å². The molecule has 3 heteroatoms. The van der Waals surface area contributed by atoms with Gasteiger partial charge in [-0.15, -0.1) is 0 Å². The molecule has 0 spiro atoms. The first-order chi connectivity index (χ1) is 9.66. The number of carbonyl (C=O) groups is 1. The van der Waals surface area contributed by atoms with Crippen molar-refractivity contribution in [3.63, 3.8) is 0 Å². The van der Waals surface area contributed by atoms with Crippen molar-refractivity contribution in [3.8, 4) is 0 Å². The largest absolute Gasteiger partial charge is 0.394 e. The summed E-state index contributed by atoms with van der Waals surface area (Å²) in [6.07, 6.45) is 5.07. The van der Waals surface area contributed by atoms with Crippen LogP contribution in [0.25, 0.3) is 0 Å². The number of rotatable bonds is 2. The third-order valence-electron chi connectivity index (χ3n) is 5.03. The predicted octanol–water partition coefficient (Wildman–Crippen LogP) is 2.63. The Bertz CT molecular complexity index is 513. The lowest BCUT2D eigenvalue weighted by Crippen LogP contribution is -2.58. The Labute approximate surface area is 120 Å². The quantitative estimate of drug-likeness (QED) is 0.900. The van der Waals surface area contributed by atoms with E-state index < -0.39 is 0 Å². The van der Waals surface area contributed by atoms with E-state index in [4.69, 9.17) is 0 Å². The standard InChI is InChI=1S/C17H23NO2/c1-13-5-4-9-17(11-13,12-19)18-10-8-14-6-2-3-7-15(14)16(18)20/h2-3,6-7,13,19H,4-5,8-12H2,1H3. The number of carbonyl (C=O) groups excluding carboxylic acids is 1. The molecule has 20 heavy (non-hydrogen) atoms. The summed E-state index contributed by atoms with van der Waals surface area (Å²) in [6, 6.07) is 7.88. The third kappa shape index (κ3) is 2.14. The Hall–Kier alpha value is -1.35. The smallest absolute Gasteiger partial charge is 0.254 e. The average Bonchev–Trinajstić information content (AvgIpc) is 2.47. The molecule has 1 heterocycles. The van der Waals surface area contributed by atoms with Gasteiger partial charge in [0, 0.05) is 12.1 Å². The summed E-state index contributed by atoms with van der Waals surface area (Å²) in [6.45, 7) is 3.06. The van der Waals surface area contributed by atoms with Crippen LogP contribution in [0.5, 0.6) is 0 Å². The maximum atomic E-state index is 12.8. The van der Waals surface area contributed by atoms with Gasteiger partial charge < -0.3 is 10.0 Å². The third-order valence-corrected chi connectivity index (χ3v) is 5.03. The van der Waals surface area contributed by atoms with E-state index in [0.29, 0.717) is 5.92 Å². The van der Waals surface area contributed by atoms with Gasteiger partial charge in [0.15, 0.2) is 0 Å². The van der Waals surface area contributed by atoms with Gasteiger partial charge in [0.1, 0.15) is 0 Å². The molecular formula is C17H23NO2. The second kappa shape index (κ2) is 5.21. The fourth-order valence-corrected chi connectivity index (χ4v) is 3.99. The number of aliphatic hydroxyl groups is 1. The Morgan fingerprint density at radius 2 is 2.20 bits per heavy atom. The van der Waals surface area contributed by atoms with E-state index in [-0.39, 0.29) is 18.1 Å².